The maximum atomic E-state index is 12.0. The third-order valence-corrected chi connectivity index (χ3v) is 4.86. The van der Waals surface area contributed by atoms with Gasteiger partial charge in [-0.15, -0.1) is 5.10 Å². The Morgan fingerprint density at radius 2 is 2.04 bits per heavy atom. The molecule has 0 radical (unpaired) electrons. The van der Waals surface area contributed by atoms with Crippen molar-refractivity contribution in [3.05, 3.63) is 11.9 Å². The maximum Gasteiger partial charge on any atom is 0.220 e. The first-order valence-electron chi connectivity index (χ1n) is 10.8. The molecule has 1 aliphatic rings. The van der Waals surface area contributed by atoms with Crippen LogP contribution in [0.1, 0.15) is 85.3 Å². The second kappa shape index (κ2) is 12.9. The Morgan fingerprint density at radius 3 is 2.70 bits per heavy atom. The van der Waals surface area contributed by atoms with E-state index >= 15 is 0 Å². The molecular formula is C21H40N4O2. The summed E-state index contributed by atoms with van der Waals surface area (Å²) in [6.45, 7) is 12.5. The molecule has 0 aliphatic heterocycles. The first kappa shape index (κ1) is 23.6. The number of aromatic nitrogens is 3. The summed E-state index contributed by atoms with van der Waals surface area (Å²) in [7, 11) is 0. The van der Waals surface area contributed by atoms with Crippen molar-refractivity contribution in [2.45, 2.75) is 98.1 Å². The normalized spacial score (nSPS) is 14.7. The third kappa shape index (κ3) is 9.89. The highest BCUT2D eigenvalue weighted by Crippen LogP contribution is 2.25. The second-order valence-electron chi connectivity index (χ2n) is 7.79. The van der Waals surface area contributed by atoms with Crippen LogP contribution in [-0.2, 0) is 22.5 Å². The zero-order valence-electron chi connectivity index (χ0n) is 18.1. The van der Waals surface area contributed by atoms with Crippen LogP contribution in [0.2, 0.25) is 0 Å². The van der Waals surface area contributed by atoms with Crippen LogP contribution in [0.15, 0.2) is 6.20 Å². The summed E-state index contributed by atoms with van der Waals surface area (Å²) < 4.78 is 7.72. The van der Waals surface area contributed by atoms with Crippen molar-refractivity contribution in [2.24, 2.45) is 5.92 Å². The van der Waals surface area contributed by atoms with Crippen LogP contribution in [0.3, 0.4) is 0 Å². The Hall–Kier alpha value is -1.43. The monoisotopic (exact) mass is 380 g/mol. The molecule has 1 aliphatic carbocycles. The maximum absolute atomic E-state index is 12.0. The minimum atomic E-state index is -0.240. The highest BCUT2D eigenvalue weighted by molar-refractivity contribution is 5.75. The number of carbonyl (C=O) groups excluding carboxylic acids is 1. The van der Waals surface area contributed by atoms with Gasteiger partial charge in [0.15, 0.2) is 0 Å². The predicted molar refractivity (Wildman–Crippen MR) is 110 cm³/mol. The van der Waals surface area contributed by atoms with Crippen molar-refractivity contribution < 1.29 is 9.53 Å². The van der Waals surface area contributed by atoms with Crippen molar-refractivity contribution in [3.8, 4) is 0 Å². The lowest BCUT2D eigenvalue weighted by atomic mass is 10.0. The first-order chi connectivity index (χ1) is 13.0. The molecule has 1 aromatic heterocycles. The van der Waals surface area contributed by atoms with E-state index in [0.29, 0.717) is 13.0 Å². The van der Waals surface area contributed by atoms with Crippen LogP contribution in [0.5, 0.6) is 0 Å². The van der Waals surface area contributed by atoms with E-state index in [1.165, 1.54) is 25.7 Å². The molecular weight excluding hydrogens is 340 g/mol. The Kier molecular flexibility index (Phi) is 11.3. The number of rotatable bonds is 11. The molecule has 156 valence electrons. The molecule has 0 aromatic carbocycles. The van der Waals surface area contributed by atoms with Gasteiger partial charge in [0.1, 0.15) is 0 Å². The lowest BCUT2D eigenvalue weighted by Gasteiger charge is -2.24. The average Bonchev–Trinajstić information content (AvgIpc) is 3.33. The van der Waals surface area contributed by atoms with Crippen molar-refractivity contribution in [3.63, 3.8) is 0 Å². The van der Waals surface area contributed by atoms with Gasteiger partial charge in [0.05, 0.1) is 11.3 Å². The van der Waals surface area contributed by atoms with Gasteiger partial charge in [0.25, 0.3) is 0 Å². The van der Waals surface area contributed by atoms with Crippen LogP contribution in [-0.4, -0.2) is 39.7 Å². The standard InChI is InChI=1S/C19H34N4O2.C2H6/c1-4-13-25-19(2,3)11-9-18(24)20-12-10-17-15-23(22-21-17)14-16-7-5-6-8-16;1-2/h15-16H,4-14H2,1-3H3,(H,20,24);1-2H3. The van der Waals surface area contributed by atoms with Gasteiger partial charge in [0, 0.05) is 38.7 Å². The molecule has 0 saturated heterocycles. The lowest BCUT2D eigenvalue weighted by Crippen LogP contribution is -2.30. The molecule has 0 bridgehead atoms. The SMILES string of the molecule is CC.CCCOC(C)(C)CCC(=O)NCCc1cn(CC2CCCC2)nn1. The van der Waals surface area contributed by atoms with Crippen molar-refractivity contribution in [2.75, 3.05) is 13.2 Å². The van der Waals surface area contributed by atoms with Crippen molar-refractivity contribution in [1.29, 1.82) is 0 Å². The van der Waals surface area contributed by atoms with Gasteiger partial charge < -0.3 is 10.1 Å². The summed E-state index contributed by atoms with van der Waals surface area (Å²) in [5, 5.41) is 11.4. The van der Waals surface area contributed by atoms with Gasteiger partial charge in [-0.25, -0.2) is 0 Å². The Balaban J connectivity index is 0.00000176. The number of carbonyl (C=O) groups is 1. The fraction of sp³-hybridized carbons (Fsp3) is 0.857. The van der Waals surface area contributed by atoms with Gasteiger partial charge >= 0.3 is 0 Å². The number of amides is 1. The zero-order chi connectivity index (χ0) is 20.1. The van der Waals surface area contributed by atoms with Crippen molar-refractivity contribution in [1.82, 2.24) is 20.3 Å². The third-order valence-electron chi connectivity index (χ3n) is 4.86. The highest BCUT2D eigenvalue weighted by Gasteiger charge is 2.19. The molecule has 1 N–H and O–H groups in total. The number of hydrogen-bond acceptors (Lipinski definition) is 4. The topological polar surface area (TPSA) is 69.0 Å². The summed E-state index contributed by atoms with van der Waals surface area (Å²) in [6.07, 6.45) is 10.3. The summed E-state index contributed by atoms with van der Waals surface area (Å²) in [5.74, 6) is 0.832. The van der Waals surface area contributed by atoms with E-state index < -0.39 is 0 Å². The quantitative estimate of drug-likeness (QED) is 0.626. The van der Waals surface area contributed by atoms with E-state index in [-0.39, 0.29) is 11.5 Å². The zero-order valence-corrected chi connectivity index (χ0v) is 18.1. The molecule has 1 aromatic rings. The van der Waals surface area contributed by atoms with Crippen LogP contribution in [0.25, 0.3) is 0 Å². The van der Waals surface area contributed by atoms with Gasteiger partial charge in [-0.1, -0.05) is 38.8 Å². The first-order valence-corrected chi connectivity index (χ1v) is 10.8. The van der Waals surface area contributed by atoms with Crippen LogP contribution in [0.4, 0.5) is 0 Å². The van der Waals surface area contributed by atoms with Gasteiger partial charge in [-0.05, 0) is 45.4 Å². The molecule has 6 heteroatoms. The Bertz CT molecular complexity index is 522. The van der Waals surface area contributed by atoms with Gasteiger partial charge in [0.2, 0.25) is 5.91 Å². The number of nitrogens with one attached hydrogen (secondary N) is 1. The van der Waals surface area contributed by atoms with Crippen LogP contribution in [0, 0.1) is 5.92 Å². The van der Waals surface area contributed by atoms with Crippen LogP contribution >= 0.6 is 0 Å². The van der Waals surface area contributed by atoms with Crippen LogP contribution < -0.4 is 5.32 Å². The highest BCUT2D eigenvalue weighted by atomic mass is 16.5. The molecule has 0 atom stereocenters. The number of hydrogen-bond donors (Lipinski definition) is 1. The average molecular weight is 381 g/mol. The Labute approximate surface area is 165 Å². The van der Waals surface area contributed by atoms with Gasteiger partial charge in [-0.3, -0.25) is 9.48 Å². The lowest BCUT2D eigenvalue weighted by molar-refractivity contribution is -0.122. The largest absolute Gasteiger partial charge is 0.376 e. The molecule has 0 unspecified atom stereocenters. The molecule has 1 fully saturated rings. The molecule has 1 heterocycles. The van der Waals surface area contributed by atoms with E-state index in [4.69, 9.17) is 4.74 Å². The predicted octanol–water partition coefficient (Wildman–Crippen LogP) is 4.14. The molecule has 0 spiro atoms. The summed E-state index contributed by atoms with van der Waals surface area (Å²) in [6, 6.07) is 0. The fourth-order valence-corrected chi connectivity index (χ4v) is 3.28. The van der Waals surface area contributed by atoms with Gasteiger partial charge in [-0.2, -0.15) is 0 Å². The van der Waals surface area contributed by atoms with E-state index in [1.54, 1.807) is 0 Å². The molecule has 27 heavy (non-hydrogen) atoms. The number of ether oxygens (including phenoxy) is 1. The summed E-state index contributed by atoms with van der Waals surface area (Å²) in [5.41, 5.74) is 0.709. The molecule has 2 rings (SSSR count). The second-order valence-corrected chi connectivity index (χ2v) is 7.79. The fourth-order valence-electron chi connectivity index (χ4n) is 3.28. The smallest absolute Gasteiger partial charge is 0.220 e. The molecule has 6 nitrogen and oxygen atoms in total. The number of nitrogens with zero attached hydrogens (tertiary/aromatic N) is 3. The minimum absolute atomic E-state index is 0.0755. The van der Waals surface area contributed by atoms with E-state index in [1.807, 2.05) is 38.6 Å². The van der Waals surface area contributed by atoms with E-state index in [9.17, 15) is 4.79 Å². The molecule has 1 amide bonds. The van der Waals surface area contributed by atoms with E-state index in [0.717, 1.165) is 44.0 Å². The summed E-state index contributed by atoms with van der Waals surface area (Å²) in [4.78, 5) is 12.0. The molecule has 1 saturated carbocycles. The minimum Gasteiger partial charge on any atom is -0.376 e. The van der Waals surface area contributed by atoms with E-state index in [2.05, 4.69) is 22.6 Å². The summed E-state index contributed by atoms with van der Waals surface area (Å²) >= 11 is 0. The Morgan fingerprint density at radius 1 is 1.33 bits per heavy atom. The van der Waals surface area contributed by atoms with Crippen molar-refractivity contribution >= 4 is 5.91 Å².